The van der Waals surface area contributed by atoms with Crippen LogP contribution in [0.15, 0.2) is 12.1 Å². The van der Waals surface area contributed by atoms with Crippen LogP contribution < -0.4 is 10.5 Å². The average Bonchev–Trinajstić information content (AvgIpc) is 2.19. The molecule has 0 fully saturated rings. The van der Waals surface area contributed by atoms with Crippen molar-refractivity contribution in [3.8, 4) is 11.5 Å². The first-order valence-electron chi connectivity index (χ1n) is 4.36. The van der Waals surface area contributed by atoms with Gasteiger partial charge in [0.1, 0.15) is 0 Å². The second-order valence-electron chi connectivity index (χ2n) is 3.18. The van der Waals surface area contributed by atoms with Crippen molar-refractivity contribution in [1.82, 2.24) is 0 Å². The minimum atomic E-state index is 0.0580. The van der Waals surface area contributed by atoms with E-state index in [2.05, 4.69) is 0 Å². The summed E-state index contributed by atoms with van der Waals surface area (Å²) in [5.41, 5.74) is 6.24. The summed E-state index contributed by atoms with van der Waals surface area (Å²) in [6, 6.07) is 3.28. The lowest BCUT2D eigenvalue weighted by atomic mass is 10.00. The highest BCUT2D eigenvalue weighted by Crippen LogP contribution is 2.36. The van der Waals surface area contributed by atoms with Crippen LogP contribution in [0.5, 0.6) is 11.5 Å². The molecule has 3 N–H and O–H groups in total. The first kappa shape index (κ1) is 11.1. The predicted octanol–water partition coefficient (Wildman–Crippen LogP) is 2.12. The van der Waals surface area contributed by atoms with Gasteiger partial charge in [-0.1, -0.05) is 18.5 Å². The summed E-state index contributed by atoms with van der Waals surface area (Å²) in [6.45, 7) is 2.38. The van der Waals surface area contributed by atoms with Crippen LogP contribution in [0.25, 0.3) is 0 Å². The van der Waals surface area contributed by atoms with Crippen LogP contribution in [0.1, 0.15) is 18.4 Å². The van der Waals surface area contributed by atoms with E-state index in [4.69, 9.17) is 22.1 Å². The molecular weight excluding hydrogens is 202 g/mol. The summed E-state index contributed by atoms with van der Waals surface area (Å²) in [5, 5.41) is 10.3. The molecule has 3 nitrogen and oxygen atoms in total. The van der Waals surface area contributed by atoms with Gasteiger partial charge in [0.05, 0.1) is 7.11 Å². The number of phenols is 1. The number of rotatable bonds is 3. The van der Waals surface area contributed by atoms with E-state index < -0.39 is 0 Å². The minimum Gasteiger partial charge on any atom is -0.504 e. The first-order chi connectivity index (χ1) is 6.60. The second kappa shape index (κ2) is 4.53. The summed E-state index contributed by atoms with van der Waals surface area (Å²) < 4.78 is 4.99. The fraction of sp³-hybridized carbons (Fsp3) is 0.400. The molecule has 0 spiro atoms. The molecular formula is C10H14ClNO2. The van der Waals surface area contributed by atoms with Gasteiger partial charge in [-0.05, 0) is 18.5 Å². The molecule has 0 aliphatic rings. The van der Waals surface area contributed by atoms with Crippen molar-refractivity contribution in [2.45, 2.75) is 12.8 Å². The number of phenolic OH excluding ortho intramolecular Hbond substituents is 1. The van der Waals surface area contributed by atoms with Gasteiger partial charge in [0.25, 0.3) is 0 Å². The topological polar surface area (TPSA) is 55.5 Å². The van der Waals surface area contributed by atoms with Gasteiger partial charge in [-0.25, -0.2) is 0 Å². The summed E-state index contributed by atoms with van der Waals surface area (Å²) in [4.78, 5) is 0. The largest absolute Gasteiger partial charge is 0.504 e. The number of nitrogens with two attached hydrogens (primary N) is 1. The zero-order chi connectivity index (χ0) is 10.7. The van der Waals surface area contributed by atoms with Gasteiger partial charge in [0, 0.05) is 16.7 Å². The number of hydrogen-bond acceptors (Lipinski definition) is 3. The van der Waals surface area contributed by atoms with E-state index in [-0.39, 0.29) is 11.7 Å². The second-order valence-corrected chi connectivity index (χ2v) is 3.62. The summed E-state index contributed by atoms with van der Waals surface area (Å²) in [7, 11) is 1.49. The SMILES string of the molecule is COc1cc(Cl)cc(C(C)CN)c1O. The Morgan fingerprint density at radius 2 is 2.21 bits per heavy atom. The van der Waals surface area contributed by atoms with Crippen LogP contribution in [0, 0.1) is 0 Å². The highest BCUT2D eigenvalue weighted by atomic mass is 35.5. The van der Waals surface area contributed by atoms with Crippen LogP contribution in [-0.2, 0) is 0 Å². The molecule has 1 aromatic rings. The highest BCUT2D eigenvalue weighted by molar-refractivity contribution is 6.30. The zero-order valence-corrected chi connectivity index (χ0v) is 9.01. The quantitative estimate of drug-likeness (QED) is 0.812. The summed E-state index contributed by atoms with van der Waals surface area (Å²) in [6.07, 6.45) is 0. The smallest absolute Gasteiger partial charge is 0.162 e. The molecule has 4 heteroatoms. The van der Waals surface area contributed by atoms with Gasteiger partial charge in [0.2, 0.25) is 0 Å². The van der Waals surface area contributed by atoms with E-state index in [9.17, 15) is 5.11 Å². The van der Waals surface area contributed by atoms with Crippen molar-refractivity contribution >= 4 is 11.6 Å². The Balaban J connectivity index is 3.21. The van der Waals surface area contributed by atoms with Gasteiger partial charge in [-0.3, -0.25) is 0 Å². The van der Waals surface area contributed by atoms with Crippen LogP contribution in [0.3, 0.4) is 0 Å². The van der Waals surface area contributed by atoms with Crippen LogP contribution >= 0.6 is 11.6 Å². The maximum atomic E-state index is 9.78. The number of benzene rings is 1. The molecule has 0 saturated heterocycles. The van der Waals surface area contributed by atoms with Crippen molar-refractivity contribution < 1.29 is 9.84 Å². The fourth-order valence-corrected chi connectivity index (χ4v) is 1.47. The van der Waals surface area contributed by atoms with E-state index in [1.54, 1.807) is 12.1 Å². The summed E-state index contributed by atoms with van der Waals surface area (Å²) in [5.74, 6) is 0.560. The molecule has 0 heterocycles. The lowest BCUT2D eigenvalue weighted by molar-refractivity contribution is 0.369. The lowest BCUT2D eigenvalue weighted by Crippen LogP contribution is -2.09. The summed E-state index contributed by atoms with van der Waals surface area (Å²) >= 11 is 5.87. The van der Waals surface area contributed by atoms with E-state index in [1.165, 1.54) is 7.11 Å². The van der Waals surface area contributed by atoms with Gasteiger partial charge < -0.3 is 15.6 Å². The molecule has 0 radical (unpaired) electrons. The van der Waals surface area contributed by atoms with E-state index >= 15 is 0 Å². The third-order valence-corrected chi connectivity index (χ3v) is 2.39. The molecule has 0 aromatic heterocycles. The zero-order valence-electron chi connectivity index (χ0n) is 8.25. The maximum absolute atomic E-state index is 9.78. The standard InChI is InChI=1S/C10H14ClNO2/c1-6(5-12)8-3-7(11)4-9(14-2)10(8)13/h3-4,6,13H,5,12H2,1-2H3. The Labute approximate surface area is 88.4 Å². The normalized spacial score (nSPS) is 12.6. The predicted molar refractivity (Wildman–Crippen MR) is 57.1 cm³/mol. The van der Waals surface area contributed by atoms with Crippen molar-refractivity contribution in [2.24, 2.45) is 5.73 Å². The monoisotopic (exact) mass is 215 g/mol. The number of methoxy groups -OCH3 is 1. The first-order valence-corrected chi connectivity index (χ1v) is 4.74. The number of ether oxygens (including phenoxy) is 1. The van der Waals surface area contributed by atoms with E-state index in [0.717, 1.165) is 5.56 Å². The molecule has 0 aliphatic heterocycles. The number of halogens is 1. The third kappa shape index (κ3) is 2.11. The van der Waals surface area contributed by atoms with Crippen molar-refractivity contribution in [3.63, 3.8) is 0 Å². The lowest BCUT2D eigenvalue weighted by Gasteiger charge is -2.14. The Morgan fingerprint density at radius 3 is 2.71 bits per heavy atom. The van der Waals surface area contributed by atoms with Crippen molar-refractivity contribution in [3.05, 3.63) is 22.7 Å². The molecule has 1 unspecified atom stereocenters. The maximum Gasteiger partial charge on any atom is 0.162 e. The molecule has 0 bridgehead atoms. The van der Waals surface area contributed by atoms with Crippen molar-refractivity contribution in [2.75, 3.05) is 13.7 Å². The van der Waals surface area contributed by atoms with Gasteiger partial charge in [-0.15, -0.1) is 0 Å². The fourth-order valence-electron chi connectivity index (χ4n) is 1.25. The van der Waals surface area contributed by atoms with Crippen LogP contribution in [-0.4, -0.2) is 18.8 Å². The molecule has 1 aromatic carbocycles. The Bertz CT molecular complexity index is 328. The van der Waals surface area contributed by atoms with Gasteiger partial charge >= 0.3 is 0 Å². The Hall–Kier alpha value is -0.930. The number of aromatic hydroxyl groups is 1. The average molecular weight is 216 g/mol. The Kier molecular flexibility index (Phi) is 3.61. The third-order valence-electron chi connectivity index (χ3n) is 2.17. The molecule has 14 heavy (non-hydrogen) atoms. The highest BCUT2D eigenvalue weighted by Gasteiger charge is 2.14. The minimum absolute atomic E-state index is 0.0580. The molecule has 1 rings (SSSR count). The molecule has 1 atom stereocenters. The Morgan fingerprint density at radius 1 is 1.57 bits per heavy atom. The van der Waals surface area contributed by atoms with Crippen molar-refractivity contribution in [1.29, 1.82) is 0 Å². The van der Waals surface area contributed by atoms with Crippen LogP contribution in [0.4, 0.5) is 0 Å². The van der Waals surface area contributed by atoms with E-state index in [0.29, 0.717) is 17.3 Å². The molecule has 0 aliphatic carbocycles. The van der Waals surface area contributed by atoms with Crippen LogP contribution in [0.2, 0.25) is 5.02 Å². The molecule has 78 valence electrons. The molecule has 0 saturated carbocycles. The van der Waals surface area contributed by atoms with Gasteiger partial charge in [-0.2, -0.15) is 0 Å². The van der Waals surface area contributed by atoms with Gasteiger partial charge in [0.15, 0.2) is 11.5 Å². The molecule has 0 amide bonds. The van der Waals surface area contributed by atoms with E-state index in [1.807, 2.05) is 6.92 Å². The number of hydrogen-bond donors (Lipinski definition) is 2.